The van der Waals surface area contributed by atoms with Crippen LogP contribution in [0.1, 0.15) is 11.3 Å². The van der Waals surface area contributed by atoms with Gasteiger partial charge < -0.3 is 0 Å². The molecule has 1 heterocycles. The molecule has 0 bridgehead atoms. The molecule has 0 amide bonds. The lowest BCUT2D eigenvalue weighted by Gasteiger charge is -2.01. The smallest absolute Gasteiger partial charge is 0.271 e. The van der Waals surface area contributed by atoms with Crippen molar-refractivity contribution in [3.8, 4) is 5.69 Å². The average molecular weight is 200 g/mol. The Bertz CT molecular complexity index is 531. The summed E-state index contributed by atoms with van der Waals surface area (Å²) >= 11 is 0. The maximum atomic E-state index is 11.6. The summed E-state index contributed by atoms with van der Waals surface area (Å²) in [6, 6.07) is 9.26. The molecule has 76 valence electrons. The zero-order chi connectivity index (χ0) is 10.8. The maximum absolute atomic E-state index is 11.6. The van der Waals surface area contributed by atoms with Crippen LogP contribution in [0.25, 0.3) is 11.8 Å². The number of hydrogen-bond acceptors (Lipinski definition) is 1. The molecular weight excluding hydrogens is 188 g/mol. The van der Waals surface area contributed by atoms with Crippen molar-refractivity contribution in [3.05, 3.63) is 58.5 Å². The van der Waals surface area contributed by atoms with Crippen LogP contribution in [-0.4, -0.2) is 9.78 Å². The summed E-state index contributed by atoms with van der Waals surface area (Å²) in [6.07, 6.45) is 1.62. The second kappa shape index (κ2) is 3.61. The summed E-state index contributed by atoms with van der Waals surface area (Å²) in [6.45, 7) is 5.62. The van der Waals surface area contributed by atoms with Gasteiger partial charge in [0.05, 0.1) is 11.4 Å². The van der Waals surface area contributed by atoms with Gasteiger partial charge in [-0.1, -0.05) is 24.3 Å². The van der Waals surface area contributed by atoms with Gasteiger partial charge >= 0.3 is 0 Å². The Balaban J connectivity index is 2.53. The summed E-state index contributed by atoms with van der Waals surface area (Å²) in [5.41, 5.74) is 2.65. The van der Waals surface area contributed by atoms with Gasteiger partial charge in [-0.3, -0.25) is 9.89 Å². The number of aromatic nitrogens is 2. The van der Waals surface area contributed by atoms with Crippen LogP contribution in [-0.2, 0) is 0 Å². The van der Waals surface area contributed by atoms with Gasteiger partial charge in [-0.05, 0) is 25.1 Å². The van der Waals surface area contributed by atoms with Crippen molar-refractivity contribution >= 4 is 6.08 Å². The quantitative estimate of drug-likeness (QED) is 0.792. The SMILES string of the molecule is C=Cc1cc(=O)n(-c2ccc(C)cc2)[nH]1. The molecular formula is C12H12N2O. The van der Waals surface area contributed by atoms with Gasteiger partial charge in [-0.15, -0.1) is 0 Å². The summed E-state index contributed by atoms with van der Waals surface area (Å²) in [5, 5.41) is 2.95. The van der Waals surface area contributed by atoms with Gasteiger partial charge in [0, 0.05) is 6.07 Å². The third-order valence-corrected chi connectivity index (χ3v) is 2.25. The first kappa shape index (κ1) is 9.52. The first-order chi connectivity index (χ1) is 7.20. The molecule has 2 rings (SSSR count). The van der Waals surface area contributed by atoms with Crippen LogP contribution in [0.15, 0.2) is 41.7 Å². The largest absolute Gasteiger partial charge is 0.291 e. The molecule has 0 unspecified atom stereocenters. The van der Waals surface area contributed by atoms with E-state index in [-0.39, 0.29) is 5.56 Å². The number of H-pyrrole nitrogens is 1. The summed E-state index contributed by atoms with van der Waals surface area (Å²) in [7, 11) is 0. The molecule has 1 aromatic carbocycles. The summed E-state index contributed by atoms with van der Waals surface area (Å²) in [5.74, 6) is 0. The molecule has 0 aliphatic rings. The topological polar surface area (TPSA) is 37.8 Å². The maximum Gasteiger partial charge on any atom is 0.271 e. The number of rotatable bonds is 2. The number of aryl methyl sites for hydroxylation is 1. The molecule has 0 saturated carbocycles. The molecule has 0 atom stereocenters. The number of hydrogen-bond donors (Lipinski definition) is 1. The summed E-state index contributed by atoms with van der Waals surface area (Å²) < 4.78 is 1.50. The lowest BCUT2D eigenvalue weighted by molar-refractivity contribution is 0.845. The molecule has 0 saturated heterocycles. The first-order valence-corrected chi connectivity index (χ1v) is 4.72. The highest BCUT2D eigenvalue weighted by Crippen LogP contribution is 2.06. The van der Waals surface area contributed by atoms with Gasteiger partial charge in [-0.25, -0.2) is 4.68 Å². The van der Waals surface area contributed by atoms with Gasteiger partial charge in [0.1, 0.15) is 0 Å². The van der Waals surface area contributed by atoms with Gasteiger partial charge in [-0.2, -0.15) is 0 Å². The van der Waals surface area contributed by atoms with E-state index >= 15 is 0 Å². The monoisotopic (exact) mass is 200 g/mol. The van der Waals surface area contributed by atoms with Crippen LogP contribution in [0.5, 0.6) is 0 Å². The first-order valence-electron chi connectivity index (χ1n) is 4.72. The third kappa shape index (κ3) is 1.76. The molecule has 15 heavy (non-hydrogen) atoms. The molecule has 0 spiro atoms. The highest BCUT2D eigenvalue weighted by atomic mass is 16.1. The Kier molecular flexibility index (Phi) is 2.29. The lowest BCUT2D eigenvalue weighted by Crippen LogP contribution is -2.13. The van der Waals surface area contributed by atoms with Gasteiger partial charge in [0.25, 0.3) is 5.56 Å². The minimum Gasteiger partial charge on any atom is -0.291 e. The molecule has 0 fully saturated rings. The van der Waals surface area contributed by atoms with E-state index in [4.69, 9.17) is 0 Å². The molecule has 1 aromatic heterocycles. The lowest BCUT2D eigenvalue weighted by atomic mass is 10.2. The highest BCUT2D eigenvalue weighted by Gasteiger charge is 2.01. The van der Waals surface area contributed by atoms with Crippen LogP contribution >= 0.6 is 0 Å². The van der Waals surface area contributed by atoms with E-state index in [9.17, 15) is 4.79 Å². The van der Waals surface area contributed by atoms with Crippen molar-refractivity contribution in [2.24, 2.45) is 0 Å². The van der Waals surface area contributed by atoms with Crippen molar-refractivity contribution in [1.82, 2.24) is 9.78 Å². The predicted octanol–water partition coefficient (Wildman–Crippen LogP) is 2.12. The second-order valence-corrected chi connectivity index (χ2v) is 3.42. The fraction of sp³-hybridized carbons (Fsp3) is 0.0833. The van der Waals surface area contributed by atoms with Crippen molar-refractivity contribution in [3.63, 3.8) is 0 Å². The summed E-state index contributed by atoms with van der Waals surface area (Å²) in [4.78, 5) is 11.6. The van der Waals surface area contributed by atoms with Crippen molar-refractivity contribution in [2.45, 2.75) is 6.92 Å². The molecule has 0 aliphatic heterocycles. The van der Waals surface area contributed by atoms with E-state index in [1.807, 2.05) is 31.2 Å². The molecule has 0 aliphatic carbocycles. The average Bonchev–Trinajstić information content (AvgIpc) is 2.61. The predicted molar refractivity (Wildman–Crippen MR) is 61.2 cm³/mol. The Labute approximate surface area is 87.7 Å². The zero-order valence-corrected chi connectivity index (χ0v) is 8.53. The third-order valence-electron chi connectivity index (χ3n) is 2.25. The number of nitrogens with one attached hydrogen (secondary N) is 1. The number of aromatic amines is 1. The van der Waals surface area contributed by atoms with Gasteiger partial charge in [0.15, 0.2) is 0 Å². The van der Waals surface area contributed by atoms with E-state index < -0.39 is 0 Å². The minimum atomic E-state index is -0.0752. The number of nitrogens with zero attached hydrogens (tertiary/aromatic N) is 1. The molecule has 1 N–H and O–H groups in total. The van der Waals surface area contributed by atoms with E-state index in [1.54, 1.807) is 6.08 Å². The highest BCUT2D eigenvalue weighted by molar-refractivity contribution is 5.42. The van der Waals surface area contributed by atoms with Crippen LogP contribution in [0, 0.1) is 6.92 Å². The van der Waals surface area contributed by atoms with Crippen molar-refractivity contribution in [1.29, 1.82) is 0 Å². The van der Waals surface area contributed by atoms with Crippen LogP contribution in [0.3, 0.4) is 0 Å². The van der Waals surface area contributed by atoms with Gasteiger partial charge in [0.2, 0.25) is 0 Å². The Morgan fingerprint density at radius 3 is 2.53 bits per heavy atom. The number of benzene rings is 1. The van der Waals surface area contributed by atoms with Crippen molar-refractivity contribution < 1.29 is 0 Å². The van der Waals surface area contributed by atoms with Crippen LogP contribution in [0.2, 0.25) is 0 Å². The Hall–Kier alpha value is -2.03. The molecule has 3 nitrogen and oxygen atoms in total. The van der Waals surface area contributed by atoms with E-state index in [2.05, 4.69) is 11.7 Å². The van der Waals surface area contributed by atoms with E-state index in [0.29, 0.717) is 0 Å². The van der Waals surface area contributed by atoms with E-state index in [1.165, 1.54) is 16.3 Å². The molecule has 2 aromatic rings. The molecule has 3 heteroatoms. The Morgan fingerprint density at radius 2 is 2.00 bits per heavy atom. The standard InChI is InChI=1S/C12H12N2O/c1-3-10-8-12(15)14(13-10)11-6-4-9(2)5-7-11/h3-8,13H,1H2,2H3. The van der Waals surface area contributed by atoms with Crippen LogP contribution < -0.4 is 5.56 Å². The minimum absolute atomic E-state index is 0.0752. The van der Waals surface area contributed by atoms with Crippen LogP contribution in [0.4, 0.5) is 0 Å². The fourth-order valence-electron chi connectivity index (χ4n) is 1.40. The van der Waals surface area contributed by atoms with E-state index in [0.717, 1.165) is 11.4 Å². The zero-order valence-electron chi connectivity index (χ0n) is 8.53. The Morgan fingerprint density at radius 1 is 1.33 bits per heavy atom. The molecule has 0 radical (unpaired) electrons. The normalized spacial score (nSPS) is 10.2. The second-order valence-electron chi connectivity index (χ2n) is 3.42. The van der Waals surface area contributed by atoms with Crippen molar-refractivity contribution in [2.75, 3.05) is 0 Å². The fourth-order valence-corrected chi connectivity index (χ4v) is 1.40.